The van der Waals surface area contributed by atoms with E-state index in [4.69, 9.17) is 0 Å². The molecule has 7 heteroatoms. The Hall–Kier alpha value is -0.920. The topological polar surface area (TPSA) is 86.9 Å². The van der Waals surface area contributed by atoms with Crippen LogP contribution in [-0.4, -0.2) is 30.7 Å². The van der Waals surface area contributed by atoms with Crippen LogP contribution in [0.25, 0.3) is 0 Å². The molecule has 0 saturated carbocycles. The first-order valence-corrected chi connectivity index (χ1v) is 8.13. The van der Waals surface area contributed by atoms with Crippen molar-refractivity contribution in [3.05, 3.63) is 11.8 Å². The van der Waals surface area contributed by atoms with Crippen molar-refractivity contribution in [2.75, 3.05) is 0 Å². The summed E-state index contributed by atoms with van der Waals surface area (Å²) in [5.74, 6) is 0. The van der Waals surface area contributed by atoms with Gasteiger partial charge in [-0.2, -0.15) is 5.10 Å². The average Bonchev–Trinajstić information content (AvgIpc) is 2.74. The fourth-order valence-electron chi connectivity index (χ4n) is 1.79. The largest absolute Gasteiger partial charge is 0.310 e. The van der Waals surface area contributed by atoms with Crippen molar-refractivity contribution in [2.24, 2.45) is 0 Å². The lowest BCUT2D eigenvalue weighted by molar-refractivity contribution is 0.536. The number of nitrogens with one attached hydrogen (secondary N) is 3. The molecule has 0 aliphatic carbocycles. The highest BCUT2D eigenvalue weighted by Gasteiger charge is 2.22. The summed E-state index contributed by atoms with van der Waals surface area (Å²) in [6, 6.07) is 0.210. The van der Waals surface area contributed by atoms with Gasteiger partial charge in [0.1, 0.15) is 0 Å². The molecule has 0 saturated heterocycles. The molecular formula is C12H24N4O2S. The lowest BCUT2D eigenvalue weighted by Crippen LogP contribution is -2.33. The van der Waals surface area contributed by atoms with Gasteiger partial charge in [0.25, 0.3) is 10.0 Å². The zero-order valence-corrected chi connectivity index (χ0v) is 12.8. The van der Waals surface area contributed by atoms with Gasteiger partial charge in [0, 0.05) is 24.2 Å². The molecule has 0 bridgehead atoms. The Kier molecular flexibility index (Phi) is 5.96. The summed E-state index contributed by atoms with van der Waals surface area (Å²) in [5.41, 5.74) is 0.657. The molecule has 1 aromatic heterocycles. The van der Waals surface area contributed by atoms with Gasteiger partial charge < -0.3 is 5.32 Å². The molecule has 6 nitrogen and oxygen atoms in total. The molecule has 0 amide bonds. The molecule has 19 heavy (non-hydrogen) atoms. The van der Waals surface area contributed by atoms with E-state index in [1.54, 1.807) is 6.20 Å². The van der Waals surface area contributed by atoms with E-state index in [9.17, 15) is 8.42 Å². The van der Waals surface area contributed by atoms with Crippen LogP contribution in [0.4, 0.5) is 0 Å². The first-order valence-electron chi connectivity index (χ1n) is 6.64. The molecule has 0 aliphatic rings. The third-order valence-electron chi connectivity index (χ3n) is 2.73. The molecule has 0 spiro atoms. The second-order valence-corrected chi connectivity index (χ2v) is 6.72. The van der Waals surface area contributed by atoms with E-state index in [1.165, 1.54) is 0 Å². The number of sulfonamides is 1. The van der Waals surface area contributed by atoms with Gasteiger partial charge in [0.2, 0.25) is 0 Å². The number of nitrogens with zero attached hydrogens (tertiary/aromatic N) is 1. The quantitative estimate of drug-likeness (QED) is 0.674. The molecule has 0 aliphatic heterocycles. The van der Waals surface area contributed by atoms with E-state index in [2.05, 4.69) is 20.2 Å². The Labute approximate surface area is 115 Å². The zero-order valence-electron chi connectivity index (χ0n) is 12.0. The highest BCUT2D eigenvalue weighted by atomic mass is 32.2. The van der Waals surface area contributed by atoms with Gasteiger partial charge in [0.05, 0.1) is 6.20 Å². The van der Waals surface area contributed by atoms with E-state index in [1.807, 2.05) is 27.7 Å². The smallest absolute Gasteiger partial charge is 0.258 e. The molecule has 0 radical (unpaired) electrons. The van der Waals surface area contributed by atoms with Crippen molar-refractivity contribution in [1.82, 2.24) is 20.2 Å². The van der Waals surface area contributed by atoms with Crippen LogP contribution in [0, 0.1) is 0 Å². The van der Waals surface area contributed by atoms with Crippen molar-refractivity contribution in [1.29, 1.82) is 0 Å². The second-order valence-electron chi connectivity index (χ2n) is 5.07. The third kappa shape index (κ3) is 4.93. The number of H-pyrrole nitrogens is 1. The standard InChI is InChI=1S/C12H24N4O2S/c1-5-6-10(4)16-19(17,18)12-11(8-14-15-12)7-13-9(2)3/h8-10,13,16H,5-7H2,1-4H3,(H,14,15). The molecule has 110 valence electrons. The Morgan fingerprint density at radius 1 is 1.37 bits per heavy atom. The van der Waals surface area contributed by atoms with Crippen LogP contribution in [0.5, 0.6) is 0 Å². The van der Waals surface area contributed by atoms with Gasteiger partial charge in [-0.05, 0) is 13.3 Å². The van der Waals surface area contributed by atoms with Gasteiger partial charge in [-0.25, -0.2) is 13.1 Å². The first-order chi connectivity index (χ1) is 8.86. The monoisotopic (exact) mass is 288 g/mol. The Morgan fingerprint density at radius 2 is 2.05 bits per heavy atom. The maximum atomic E-state index is 12.2. The van der Waals surface area contributed by atoms with E-state index in [-0.39, 0.29) is 17.1 Å². The number of hydrogen-bond acceptors (Lipinski definition) is 4. The van der Waals surface area contributed by atoms with Crippen LogP contribution < -0.4 is 10.0 Å². The summed E-state index contributed by atoms with van der Waals surface area (Å²) in [6.45, 7) is 8.39. The van der Waals surface area contributed by atoms with Crippen LogP contribution in [0.15, 0.2) is 11.2 Å². The molecule has 0 aromatic carbocycles. The summed E-state index contributed by atoms with van der Waals surface area (Å²) < 4.78 is 27.1. The molecule has 1 unspecified atom stereocenters. The van der Waals surface area contributed by atoms with E-state index >= 15 is 0 Å². The summed E-state index contributed by atoms with van der Waals surface area (Å²) >= 11 is 0. The van der Waals surface area contributed by atoms with Crippen molar-refractivity contribution in [2.45, 2.75) is 64.2 Å². The molecule has 3 N–H and O–H groups in total. The van der Waals surface area contributed by atoms with Crippen molar-refractivity contribution < 1.29 is 8.42 Å². The average molecular weight is 288 g/mol. The van der Waals surface area contributed by atoms with Crippen molar-refractivity contribution in [3.63, 3.8) is 0 Å². The number of aromatic amines is 1. The molecule has 1 aromatic rings. The summed E-state index contributed by atoms with van der Waals surface area (Å²) in [4.78, 5) is 0. The maximum absolute atomic E-state index is 12.2. The van der Waals surface area contributed by atoms with E-state index < -0.39 is 10.0 Å². The van der Waals surface area contributed by atoms with Crippen LogP contribution in [0.2, 0.25) is 0 Å². The Morgan fingerprint density at radius 3 is 2.63 bits per heavy atom. The lowest BCUT2D eigenvalue weighted by atomic mass is 10.2. The van der Waals surface area contributed by atoms with Crippen LogP contribution in [0.3, 0.4) is 0 Å². The molecular weight excluding hydrogens is 264 g/mol. The normalized spacial score (nSPS) is 13.9. The van der Waals surface area contributed by atoms with E-state index in [0.717, 1.165) is 12.8 Å². The number of rotatable bonds is 8. The first kappa shape index (κ1) is 16.1. The van der Waals surface area contributed by atoms with Crippen LogP contribution >= 0.6 is 0 Å². The predicted octanol–water partition coefficient (Wildman–Crippen LogP) is 1.37. The highest BCUT2D eigenvalue weighted by molar-refractivity contribution is 7.89. The molecule has 1 heterocycles. The number of hydrogen-bond donors (Lipinski definition) is 3. The molecule has 0 fully saturated rings. The number of aromatic nitrogens is 2. The minimum Gasteiger partial charge on any atom is -0.310 e. The molecule has 1 atom stereocenters. The lowest BCUT2D eigenvalue weighted by Gasteiger charge is -2.13. The van der Waals surface area contributed by atoms with Crippen molar-refractivity contribution in [3.8, 4) is 0 Å². The minimum atomic E-state index is -3.52. The Balaban J connectivity index is 2.81. The van der Waals surface area contributed by atoms with Crippen molar-refractivity contribution >= 4 is 10.0 Å². The predicted molar refractivity (Wildman–Crippen MR) is 75.3 cm³/mol. The van der Waals surface area contributed by atoms with Crippen LogP contribution in [0.1, 0.15) is 46.1 Å². The molecule has 1 rings (SSSR count). The fourth-order valence-corrected chi connectivity index (χ4v) is 3.20. The van der Waals surface area contributed by atoms with Gasteiger partial charge in [-0.1, -0.05) is 27.2 Å². The third-order valence-corrected chi connectivity index (χ3v) is 4.33. The minimum absolute atomic E-state index is 0.0794. The van der Waals surface area contributed by atoms with Crippen LogP contribution in [-0.2, 0) is 16.6 Å². The maximum Gasteiger partial charge on any atom is 0.258 e. The summed E-state index contributed by atoms with van der Waals surface area (Å²) in [5, 5.41) is 9.75. The van der Waals surface area contributed by atoms with E-state index in [0.29, 0.717) is 12.1 Å². The summed E-state index contributed by atoms with van der Waals surface area (Å²) in [7, 11) is -3.52. The summed E-state index contributed by atoms with van der Waals surface area (Å²) in [6.07, 6.45) is 3.30. The second kappa shape index (κ2) is 7.02. The van der Waals surface area contributed by atoms with Gasteiger partial charge in [0.15, 0.2) is 5.03 Å². The van der Waals surface area contributed by atoms with Gasteiger partial charge in [-0.3, -0.25) is 5.10 Å². The highest BCUT2D eigenvalue weighted by Crippen LogP contribution is 2.13. The Bertz CT molecular complexity index is 482. The fraction of sp³-hybridized carbons (Fsp3) is 0.750. The SMILES string of the molecule is CCCC(C)NS(=O)(=O)c1[nH]ncc1CNC(C)C. The zero-order chi connectivity index (χ0) is 14.5. The van der Waals surface area contributed by atoms with Gasteiger partial charge in [-0.15, -0.1) is 0 Å². The van der Waals surface area contributed by atoms with Gasteiger partial charge >= 0.3 is 0 Å².